The van der Waals surface area contributed by atoms with E-state index in [0.717, 1.165) is 21.7 Å². The molecule has 0 fully saturated rings. The Hall–Kier alpha value is -2.29. The maximum Gasteiger partial charge on any atom is 0.244 e. The summed E-state index contributed by atoms with van der Waals surface area (Å²) in [5.74, 6) is -0.904. The van der Waals surface area contributed by atoms with Crippen LogP contribution in [0.25, 0.3) is 0 Å². The summed E-state index contributed by atoms with van der Waals surface area (Å²) < 4.78 is 26.1. The Morgan fingerprint density at radius 1 is 1.06 bits per heavy atom. The molecule has 1 N–H and O–H groups in total. The van der Waals surface area contributed by atoms with Crippen LogP contribution in [0.3, 0.4) is 0 Å². The standard InChI is InChI=1S/C24H31Cl2N3O4S/c1-16-10-12-18(13-11-16)14-28(17(2)23(31)27-24(3,4)5)21(30)15-29(34(6,32)33)20-9-7-8-19(25)22(20)26/h7-13,17H,14-15H2,1-6H3,(H,27,31)/t17-/m1/s1. The number of hydrogen-bond donors (Lipinski definition) is 1. The minimum Gasteiger partial charge on any atom is -0.350 e. The van der Waals surface area contributed by atoms with Gasteiger partial charge in [0.25, 0.3) is 0 Å². The maximum atomic E-state index is 13.5. The number of sulfonamides is 1. The SMILES string of the molecule is Cc1ccc(CN(C(=O)CN(c2cccc(Cl)c2Cl)S(C)(=O)=O)[C@H](C)C(=O)NC(C)(C)C)cc1. The predicted octanol–water partition coefficient (Wildman–Crippen LogP) is 4.40. The number of halogens is 2. The molecular formula is C24H31Cl2N3O4S. The van der Waals surface area contributed by atoms with Crippen molar-refractivity contribution in [1.82, 2.24) is 10.2 Å². The van der Waals surface area contributed by atoms with Gasteiger partial charge in [-0.1, -0.05) is 59.1 Å². The van der Waals surface area contributed by atoms with Gasteiger partial charge in [-0.15, -0.1) is 0 Å². The zero-order valence-corrected chi connectivity index (χ0v) is 22.6. The molecule has 0 saturated heterocycles. The first-order chi connectivity index (χ1) is 15.6. The van der Waals surface area contributed by atoms with Gasteiger partial charge in [-0.05, 0) is 52.3 Å². The van der Waals surface area contributed by atoms with Gasteiger partial charge in [0.2, 0.25) is 21.8 Å². The molecule has 2 rings (SSSR count). The van der Waals surface area contributed by atoms with Crippen molar-refractivity contribution in [2.75, 3.05) is 17.1 Å². The minimum absolute atomic E-state index is 0.0194. The largest absolute Gasteiger partial charge is 0.350 e. The number of anilines is 1. The Morgan fingerprint density at radius 2 is 1.65 bits per heavy atom. The summed E-state index contributed by atoms with van der Waals surface area (Å²) >= 11 is 12.3. The summed E-state index contributed by atoms with van der Waals surface area (Å²) in [6, 6.07) is 11.2. The zero-order chi connectivity index (χ0) is 25.8. The van der Waals surface area contributed by atoms with Gasteiger partial charge in [0, 0.05) is 12.1 Å². The van der Waals surface area contributed by atoms with Crippen LogP contribution >= 0.6 is 23.2 Å². The summed E-state index contributed by atoms with van der Waals surface area (Å²) in [6.45, 7) is 8.68. The van der Waals surface area contributed by atoms with Crippen LogP contribution in [0, 0.1) is 6.92 Å². The highest BCUT2D eigenvalue weighted by molar-refractivity contribution is 7.92. The van der Waals surface area contributed by atoms with E-state index in [0.29, 0.717) is 0 Å². The van der Waals surface area contributed by atoms with Crippen molar-refractivity contribution >= 4 is 50.7 Å². The normalized spacial score (nSPS) is 12.7. The van der Waals surface area contributed by atoms with E-state index in [2.05, 4.69) is 5.32 Å². The van der Waals surface area contributed by atoms with Gasteiger partial charge >= 0.3 is 0 Å². The van der Waals surface area contributed by atoms with E-state index >= 15 is 0 Å². The number of amides is 2. The zero-order valence-electron chi connectivity index (χ0n) is 20.2. The lowest BCUT2D eigenvalue weighted by Crippen LogP contribution is -2.54. The van der Waals surface area contributed by atoms with Crippen LogP contribution in [0.1, 0.15) is 38.8 Å². The summed E-state index contributed by atoms with van der Waals surface area (Å²) in [5, 5.41) is 3.06. The second-order valence-electron chi connectivity index (χ2n) is 9.27. The van der Waals surface area contributed by atoms with Gasteiger partial charge < -0.3 is 10.2 Å². The van der Waals surface area contributed by atoms with Gasteiger partial charge in [0.05, 0.1) is 22.0 Å². The molecule has 0 aromatic heterocycles. The molecule has 2 amide bonds. The summed E-state index contributed by atoms with van der Waals surface area (Å²) in [5.41, 5.74) is 1.45. The molecular weight excluding hydrogens is 497 g/mol. The van der Waals surface area contributed by atoms with Crippen molar-refractivity contribution in [2.24, 2.45) is 0 Å². The molecule has 1 atom stereocenters. The molecule has 0 radical (unpaired) electrons. The fourth-order valence-electron chi connectivity index (χ4n) is 3.23. The third-order valence-corrected chi connectivity index (χ3v) is 6.95. The number of rotatable bonds is 8. The van der Waals surface area contributed by atoms with Crippen molar-refractivity contribution in [3.63, 3.8) is 0 Å². The van der Waals surface area contributed by atoms with E-state index < -0.39 is 34.1 Å². The number of aryl methyl sites for hydroxylation is 1. The summed E-state index contributed by atoms with van der Waals surface area (Å²) in [6.07, 6.45) is 0.984. The lowest BCUT2D eigenvalue weighted by molar-refractivity contribution is -0.140. The molecule has 0 saturated carbocycles. The summed E-state index contributed by atoms with van der Waals surface area (Å²) in [7, 11) is -3.90. The number of nitrogens with zero attached hydrogens (tertiary/aromatic N) is 2. The molecule has 0 bridgehead atoms. The third kappa shape index (κ3) is 7.61. The second kappa shape index (κ2) is 11.0. The number of carbonyl (C=O) groups excluding carboxylic acids is 2. The highest BCUT2D eigenvalue weighted by atomic mass is 35.5. The topological polar surface area (TPSA) is 86.8 Å². The third-order valence-electron chi connectivity index (χ3n) is 5.02. The van der Waals surface area contributed by atoms with E-state index in [1.807, 2.05) is 52.0 Å². The maximum absolute atomic E-state index is 13.5. The van der Waals surface area contributed by atoms with Crippen LogP contribution < -0.4 is 9.62 Å². The second-order valence-corrected chi connectivity index (χ2v) is 12.0. The fraction of sp³-hybridized carbons (Fsp3) is 0.417. The predicted molar refractivity (Wildman–Crippen MR) is 138 cm³/mol. The highest BCUT2D eigenvalue weighted by Crippen LogP contribution is 2.33. The Kier molecular flexibility index (Phi) is 9.02. The minimum atomic E-state index is -3.90. The smallest absolute Gasteiger partial charge is 0.244 e. The Bertz CT molecular complexity index is 1150. The van der Waals surface area contributed by atoms with Crippen molar-refractivity contribution in [1.29, 1.82) is 0 Å². The van der Waals surface area contributed by atoms with Crippen LogP contribution in [-0.4, -0.2) is 49.5 Å². The van der Waals surface area contributed by atoms with Crippen LogP contribution in [0.2, 0.25) is 10.0 Å². The molecule has 2 aromatic rings. The van der Waals surface area contributed by atoms with Crippen molar-refractivity contribution in [3.05, 3.63) is 63.6 Å². The van der Waals surface area contributed by atoms with Crippen molar-refractivity contribution in [2.45, 2.75) is 52.7 Å². The molecule has 10 heteroatoms. The van der Waals surface area contributed by atoms with Crippen LogP contribution in [0.4, 0.5) is 5.69 Å². The van der Waals surface area contributed by atoms with Gasteiger partial charge in [-0.25, -0.2) is 8.42 Å². The first kappa shape index (κ1) is 28.0. The Labute approximate surface area is 212 Å². The van der Waals surface area contributed by atoms with E-state index in [9.17, 15) is 18.0 Å². The molecule has 0 unspecified atom stereocenters. The van der Waals surface area contributed by atoms with Gasteiger partial charge in [-0.2, -0.15) is 0 Å². The first-order valence-electron chi connectivity index (χ1n) is 10.7. The molecule has 186 valence electrons. The van der Waals surface area contributed by atoms with Crippen LogP contribution in [0.15, 0.2) is 42.5 Å². The molecule has 0 heterocycles. The molecule has 0 aliphatic heterocycles. The molecule has 0 spiro atoms. The summed E-state index contributed by atoms with van der Waals surface area (Å²) in [4.78, 5) is 27.8. The van der Waals surface area contributed by atoms with E-state index in [4.69, 9.17) is 23.2 Å². The number of nitrogens with one attached hydrogen (secondary N) is 1. The van der Waals surface area contributed by atoms with Gasteiger partial charge in [0.1, 0.15) is 12.6 Å². The average Bonchev–Trinajstić information content (AvgIpc) is 2.71. The lowest BCUT2D eigenvalue weighted by Gasteiger charge is -2.33. The number of carbonyl (C=O) groups is 2. The van der Waals surface area contributed by atoms with E-state index in [1.54, 1.807) is 13.0 Å². The van der Waals surface area contributed by atoms with Crippen LogP contribution in [-0.2, 0) is 26.2 Å². The van der Waals surface area contributed by atoms with Gasteiger partial charge in [0.15, 0.2) is 0 Å². The van der Waals surface area contributed by atoms with E-state index in [1.165, 1.54) is 17.0 Å². The van der Waals surface area contributed by atoms with E-state index in [-0.39, 0.29) is 28.2 Å². The molecule has 2 aromatic carbocycles. The molecule has 0 aliphatic carbocycles. The van der Waals surface area contributed by atoms with Gasteiger partial charge in [-0.3, -0.25) is 13.9 Å². The first-order valence-corrected chi connectivity index (χ1v) is 13.3. The number of hydrogen-bond acceptors (Lipinski definition) is 4. The molecule has 0 aliphatic rings. The highest BCUT2D eigenvalue weighted by Gasteiger charge is 2.32. The molecule has 34 heavy (non-hydrogen) atoms. The quantitative estimate of drug-likeness (QED) is 0.551. The Morgan fingerprint density at radius 3 is 2.18 bits per heavy atom. The van der Waals surface area contributed by atoms with Crippen molar-refractivity contribution in [3.8, 4) is 0 Å². The molecule has 7 nitrogen and oxygen atoms in total. The fourth-order valence-corrected chi connectivity index (χ4v) is 4.53. The Balaban J connectivity index is 2.44. The number of benzene rings is 2. The van der Waals surface area contributed by atoms with Crippen molar-refractivity contribution < 1.29 is 18.0 Å². The lowest BCUT2D eigenvalue weighted by atomic mass is 10.1. The van der Waals surface area contributed by atoms with Crippen LogP contribution in [0.5, 0.6) is 0 Å². The monoisotopic (exact) mass is 527 g/mol. The average molecular weight is 529 g/mol.